The maximum absolute atomic E-state index is 11.4. The molecule has 1 atom stereocenters. The first-order valence-electron chi connectivity index (χ1n) is 6.24. The van der Waals surface area contributed by atoms with E-state index in [0.717, 1.165) is 6.42 Å². The second kappa shape index (κ2) is 8.55. The fourth-order valence-corrected chi connectivity index (χ4v) is 1.27. The van der Waals surface area contributed by atoms with Crippen molar-refractivity contribution in [3.8, 4) is 0 Å². The quantitative estimate of drug-likeness (QED) is 0.229. The molecule has 1 N–H and O–H groups in total. The standard InChI is InChI=1S/C13H22O7/c1-6-7-13(4,5)20-19-10(8-17-12(15)16)18-11(14)9(2)3/h10H,2,6-8H2,1,3-5H3,(H,15,16). The minimum atomic E-state index is -1.50. The fourth-order valence-electron chi connectivity index (χ4n) is 1.27. The Balaban J connectivity index is 4.48. The first-order chi connectivity index (χ1) is 9.18. The monoisotopic (exact) mass is 290 g/mol. The molecule has 0 aliphatic rings. The number of esters is 1. The zero-order valence-corrected chi connectivity index (χ0v) is 12.3. The molecule has 0 heterocycles. The van der Waals surface area contributed by atoms with E-state index in [4.69, 9.17) is 19.6 Å². The van der Waals surface area contributed by atoms with E-state index in [1.165, 1.54) is 6.92 Å². The molecule has 0 rings (SSSR count). The number of ether oxygens (including phenoxy) is 2. The van der Waals surface area contributed by atoms with Gasteiger partial charge in [-0.3, -0.25) is 0 Å². The highest BCUT2D eigenvalue weighted by molar-refractivity contribution is 5.87. The van der Waals surface area contributed by atoms with Crippen LogP contribution in [0.25, 0.3) is 0 Å². The maximum atomic E-state index is 11.4. The summed E-state index contributed by atoms with van der Waals surface area (Å²) in [5.74, 6) is -0.721. The molecule has 0 aromatic rings. The summed E-state index contributed by atoms with van der Waals surface area (Å²) in [6, 6.07) is 0. The van der Waals surface area contributed by atoms with Crippen LogP contribution in [-0.4, -0.2) is 35.7 Å². The van der Waals surface area contributed by atoms with E-state index in [2.05, 4.69) is 11.3 Å². The number of carbonyl (C=O) groups is 2. The molecule has 1 unspecified atom stereocenters. The van der Waals surface area contributed by atoms with E-state index in [1.807, 2.05) is 6.92 Å². The summed E-state index contributed by atoms with van der Waals surface area (Å²) in [6.45, 7) is 9.96. The molecule has 0 saturated heterocycles. The van der Waals surface area contributed by atoms with E-state index in [9.17, 15) is 9.59 Å². The van der Waals surface area contributed by atoms with Gasteiger partial charge in [-0.05, 0) is 27.2 Å². The Bertz CT molecular complexity index is 349. The zero-order chi connectivity index (χ0) is 15.8. The van der Waals surface area contributed by atoms with Crippen LogP contribution in [0.3, 0.4) is 0 Å². The van der Waals surface area contributed by atoms with Crippen LogP contribution < -0.4 is 0 Å². The Hall–Kier alpha value is -1.60. The van der Waals surface area contributed by atoms with E-state index < -0.39 is 30.6 Å². The van der Waals surface area contributed by atoms with Crippen molar-refractivity contribution in [2.75, 3.05) is 6.61 Å². The van der Waals surface area contributed by atoms with Crippen LogP contribution in [0.5, 0.6) is 0 Å². The second-order valence-corrected chi connectivity index (χ2v) is 4.88. The third-order valence-corrected chi connectivity index (χ3v) is 2.16. The minimum Gasteiger partial charge on any atom is -0.450 e. The molecule has 0 saturated carbocycles. The van der Waals surface area contributed by atoms with Crippen molar-refractivity contribution >= 4 is 12.1 Å². The topological polar surface area (TPSA) is 91.3 Å². The maximum Gasteiger partial charge on any atom is 0.505 e. The van der Waals surface area contributed by atoms with Crippen LogP contribution in [0.4, 0.5) is 4.79 Å². The van der Waals surface area contributed by atoms with Gasteiger partial charge in [-0.1, -0.05) is 19.9 Å². The molecule has 0 spiro atoms. The van der Waals surface area contributed by atoms with Crippen LogP contribution in [0.2, 0.25) is 0 Å². The van der Waals surface area contributed by atoms with Gasteiger partial charge in [0.25, 0.3) is 6.29 Å². The molecule has 0 aromatic heterocycles. The van der Waals surface area contributed by atoms with E-state index in [1.54, 1.807) is 13.8 Å². The summed E-state index contributed by atoms with van der Waals surface area (Å²) in [5, 5.41) is 8.44. The molecule has 0 aliphatic heterocycles. The van der Waals surface area contributed by atoms with Gasteiger partial charge in [0.2, 0.25) is 0 Å². The van der Waals surface area contributed by atoms with Crippen LogP contribution in [0.1, 0.15) is 40.5 Å². The molecule has 7 nitrogen and oxygen atoms in total. The predicted molar refractivity (Wildman–Crippen MR) is 69.8 cm³/mol. The van der Waals surface area contributed by atoms with Gasteiger partial charge in [0.05, 0.1) is 5.60 Å². The average Bonchev–Trinajstić information content (AvgIpc) is 2.32. The molecule has 0 radical (unpaired) electrons. The normalized spacial score (nSPS) is 12.6. The van der Waals surface area contributed by atoms with E-state index >= 15 is 0 Å². The Morgan fingerprint density at radius 3 is 2.40 bits per heavy atom. The number of carbonyl (C=O) groups excluding carboxylic acids is 1. The molecular weight excluding hydrogens is 268 g/mol. The van der Waals surface area contributed by atoms with Crippen LogP contribution in [0, 0.1) is 0 Å². The lowest BCUT2D eigenvalue weighted by atomic mass is 10.0. The van der Waals surface area contributed by atoms with Gasteiger partial charge in [0, 0.05) is 5.57 Å². The van der Waals surface area contributed by atoms with Crippen molar-refractivity contribution in [1.29, 1.82) is 0 Å². The molecular formula is C13H22O7. The van der Waals surface area contributed by atoms with Gasteiger partial charge in [0.15, 0.2) is 6.61 Å². The van der Waals surface area contributed by atoms with Gasteiger partial charge in [-0.15, -0.1) is 0 Å². The number of hydrogen-bond donors (Lipinski definition) is 1. The Kier molecular flexibility index (Phi) is 7.86. The van der Waals surface area contributed by atoms with Crippen molar-refractivity contribution in [1.82, 2.24) is 0 Å². The summed E-state index contributed by atoms with van der Waals surface area (Å²) in [7, 11) is 0. The lowest BCUT2D eigenvalue weighted by Gasteiger charge is -2.25. The van der Waals surface area contributed by atoms with Gasteiger partial charge in [0.1, 0.15) is 0 Å². The lowest BCUT2D eigenvalue weighted by Crippen LogP contribution is -2.33. The third kappa shape index (κ3) is 8.49. The molecule has 0 amide bonds. The lowest BCUT2D eigenvalue weighted by molar-refractivity contribution is -0.416. The minimum absolute atomic E-state index is 0.154. The van der Waals surface area contributed by atoms with E-state index in [-0.39, 0.29) is 5.57 Å². The SMILES string of the molecule is C=C(C)C(=O)OC(COC(=O)O)OOC(C)(C)CCC. The molecule has 0 bridgehead atoms. The number of rotatable bonds is 9. The Labute approximate surface area is 118 Å². The summed E-state index contributed by atoms with van der Waals surface area (Å²) < 4.78 is 9.18. The van der Waals surface area contributed by atoms with Crippen molar-refractivity contribution in [3.05, 3.63) is 12.2 Å². The Morgan fingerprint density at radius 1 is 1.35 bits per heavy atom. The van der Waals surface area contributed by atoms with Gasteiger partial charge in [-0.25, -0.2) is 14.5 Å². The van der Waals surface area contributed by atoms with Gasteiger partial charge < -0.3 is 14.6 Å². The summed E-state index contributed by atoms with van der Waals surface area (Å²) in [5.41, 5.74) is -0.437. The molecule has 7 heteroatoms. The predicted octanol–water partition coefficient (Wildman–Crippen LogP) is 2.65. The van der Waals surface area contributed by atoms with Gasteiger partial charge >= 0.3 is 12.1 Å². The van der Waals surface area contributed by atoms with Crippen LogP contribution in [0.15, 0.2) is 12.2 Å². The van der Waals surface area contributed by atoms with Crippen LogP contribution >= 0.6 is 0 Å². The van der Waals surface area contributed by atoms with Gasteiger partial charge in [-0.2, -0.15) is 4.89 Å². The first kappa shape index (κ1) is 18.4. The zero-order valence-electron chi connectivity index (χ0n) is 12.3. The highest BCUT2D eigenvalue weighted by Gasteiger charge is 2.24. The molecule has 20 heavy (non-hydrogen) atoms. The van der Waals surface area contributed by atoms with E-state index in [0.29, 0.717) is 6.42 Å². The molecule has 0 fully saturated rings. The second-order valence-electron chi connectivity index (χ2n) is 4.88. The number of hydrogen-bond acceptors (Lipinski definition) is 6. The summed E-state index contributed by atoms with van der Waals surface area (Å²) in [6.07, 6.45) is -1.20. The molecule has 0 aliphatic carbocycles. The van der Waals surface area contributed by atoms with Crippen LogP contribution in [-0.2, 0) is 24.0 Å². The Morgan fingerprint density at radius 2 is 1.95 bits per heavy atom. The first-order valence-corrected chi connectivity index (χ1v) is 6.24. The number of carboxylic acid groups (broad SMARTS) is 1. The third-order valence-electron chi connectivity index (χ3n) is 2.16. The highest BCUT2D eigenvalue weighted by Crippen LogP contribution is 2.18. The highest BCUT2D eigenvalue weighted by atomic mass is 17.2. The van der Waals surface area contributed by atoms with Crippen molar-refractivity contribution in [3.63, 3.8) is 0 Å². The molecule has 116 valence electrons. The van der Waals surface area contributed by atoms with Crippen molar-refractivity contribution in [2.45, 2.75) is 52.4 Å². The average molecular weight is 290 g/mol. The molecule has 0 aromatic carbocycles. The largest absolute Gasteiger partial charge is 0.505 e. The van der Waals surface area contributed by atoms with Crippen molar-refractivity contribution in [2.24, 2.45) is 0 Å². The smallest absolute Gasteiger partial charge is 0.450 e. The summed E-state index contributed by atoms with van der Waals surface area (Å²) in [4.78, 5) is 31.9. The fraction of sp³-hybridized carbons (Fsp3) is 0.692. The summed E-state index contributed by atoms with van der Waals surface area (Å²) >= 11 is 0. The van der Waals surface area contributed by atoms with Crippen molar-refractivity contribution < 1.29 is 33.9 Å².